The number of hydrogen-bond acceptors (Lipinski definition) is 3. The normalized spacial score (nSPS) is 14.7. The third kappa shape index (κ3) is 4.47. The van der Waals surface area contributed by atoms with E-state index in [2.05, 4.69) is 5.32 Å². The Labute approximate surface area is 77.3 Å². The average molecular weight is 188 g/mol. The van der Waals surface area contributed by atoms with Crippen molar-refractivity contribution in [3.8, 4) is 0 Å². The van der Waals surface area contributed by atoms with Crippen LogP contribution in [0.25, 0.3) is 0 Å². The molecular weight excluding hydrogens is 172 g/mol. The minimum atomic E-state index is -1.03. The summed E-state index contributed by atoms with van der Waals surface area (Å²) in [7, 11) is 0. The van der Waals surface area contributed by atoms with Gasteiger partial charge in [0.25, 0.3) is 0 Å². The summed E-state index contributed by atoms with van der Waals surface area (Å²) in [6.07, 6.45) is 0.568. The van der Waals surface area contributed by atoms with Crippen molar-refractivity contribution in [2.45, 2.75) is 26.3 Å². The number of hydrogen-bond donors (Lipinski definition) is 3. The largest absolute Gasteiger partial charge is 0.480 e. The maximum Gasteiger partial charge on any atom is 0.325 e. The standard InChI is InChI=1S/C8H16N2O3/c1-5(3-4-9)7(11)10-6(2)8(12)13/h5-6H,3-4,9H2,1-2H3,(H,10,11)(H,12,13)/t5?,6-/m1/s1. The highest BCUT2D eigenvalue weighted by Crippen LogP contribution is 2.00. The molecule has 0 aromatic heterocycles. The van der Waals surface area contributed by atoms with Crippen LogP contribution in [-0.2, 0) is 9.59 Å². The summed E-state index contributed by atoms with van der Waals surface area (Å²) in [6.45, 7) is 3.57. The lowest BCUT2D eigenvalue weighted by molar-refractivity contribution is -0.141. The Morgan fingerprint density at radius 2 is 2.00 bits per heavy atom. The van der Waals surface area contributed by atoms with Crippen LogP contribution >= 0.6 is 0 Å². The maximum absolute atomic E-state index is 11.2. The molecule has 0 rings (SSSR count). The summed E-state index contributed by atoms with van der Waals surface area (Å²) in [5.74, 6) is -1.53. The van der Waals surface area contributed by atoms with Crippen LogP contribution in [0.2, 0.25) is 0 Å². The molecule has 1 unspecified atom stereocenters. The molecule has 0 aliphatic carbocycles. The quantitative estimate of drug-likeness (QED) is 0.545. The van der Waals surface area contributed by atoms with Crippen LogP contribution in [0, 0.1) is 5.92 Å². The van der Waals surface area contributed by atoms with Gasteiger partial charge in [-0.15, -0.1) is 0 Å². The molecule has 0 saturated carbocycles. The first-order valence-corrected chi connectivity index (χ1v) is 4.22. The van der Waals surface area contributed by atoms with Gasteiger partial charge in [0.2, 0.25) is 5.91 Å². The number of amides is 1. The molecule has 0 aliphatic rings. The zero-order chi connectivity index (χ0) is 10.4. The third-order valence-electron chi connectivity index (χ3n) is 1.78. The van der Waals surface area contributed by atoms with Crippen molar-refractivity contribution in [1.29, 1.82) is 0 Å². The summed E-state index contributed by atoms with van der Waals surface area (Å²) in [4.78, 5) is 21.6. The first-order valence-electron chi connectivity index (χ1n) is 4.22. The van der Waals surface area contributed by atoms with Gasteiger partial charge in [-0.25, -0.2) is 0 Å². The van der Waals surface area contributed by atoms with Gasteiger partial charge in [0.05, 0.1) is 0 Å². The molecule has 0 heterocycles. The van der Waals surface area contributed by atoms with E-state index in [1.54, 1.807) is 6.92 Å². The molecule has 2 atom stereocenters. The topological polar surface area (TPSA) is 92.4 Å². The summed E-state index contributed by atoms with van der Waals surface area (Å²) in [5.41, 5.74) is 5.26. The number of carboxylic acids is 1. The molecule has 5 nitrogen and oxygen atoms in total. The second-order valence-electron chi connectivity index (χ2n) is 3.05. The predicted molar refractivity (Wildman–Crippen MR) is 48.1 cm³/mol. The smallest absolute Gasteiger partial charge is 0.325 e. The summed E-state index contributed by atoms with van der Waals surface area (Å²) in [6, 6.07) is -0.840. The minimum absolute atomic E-state index is 0.230. The molecule has 0 aromatic rings. The molecular formula is C8H16N2O3. The monoisotopic (exact) mass is 188 g/mol. The molecule has 76 valence electrons. The number of nitrogens with two attached hydrogens (primary N) is 1. The SMILES string of the molecule is CC(CCN)C(=O)N[C@H](C)C(=O)O. The van der Waals surface area contributed by atoms with Crippen molar-refractivity contribution in [3.05, 3.63) is 0 Å². The van der Waals surface area contributed by atoms with E-state index in [4.69, 9.17) is 10.8 Å². The summed E-state index contributed by atoms with van der Waals surface area (Å²) >= 11 is 0. The van der Waals surface area contributed by atoms with Gasteiger partial charge in [0.15, 0.2) is 0 Å². The van der Waals surface area contributed by atoms with Crippen LogP contribution in [0.15, 0.2) is 0 Å². The number of carbonyl (C=O) groups is 2. The Morgan fingerprint density at radius 3 is 2.38 bits per heavy atom. The third-order valence-corrected chi connectivity index (χ3v) is 1.78. The molecule has 0 fully saturated rings. The first kappa shape index (κ1) is 11.9. The first-order chi connectivity index (χ1) is 5.99. The highest BCUT2D eigenvalue weighted by atomic mass is 16.4. The Balaban J connectivity index is 3.92. The van der Waals surface area contributed by atoms with Crippen molar-refractivity contribution in [2.24, 2.45) is 11.7 Å². The number of nitrogens with one attached hydrogen (secondary N) is 1. The van der Waals surface area contributed by atoms with Gasteiger partial charge in [-0.1, -0.05) is 6.92 Å². The van der Waals surface area contributed by atoms with Crippen LogP contribution in [0.3, 0.4) is 0 Å². The molecule has 4 N–H and O–H groups in total. The van der Waals surface area contributed by atoms with Gasteiger partial charge in [-0.2, -0.15) is 0 Å². The van der Waals surface area contributed by atoms with Gasteiger partial charge in [-0.05, 0) is 19.9 Å². The van der Waals surface area contributed by atoms with E-state index < -0.39 is 12.0 Å². The van der Waals surface area contributed by atoms with Crippen molar-refractivity contribution in [3.63, 3.8) is 0 Å². The highest BCUT2D eigenvalue weighted by molar-refractivity contribution is 5.84. The Bertz CT molecular complexity index is 194. The fraction of sp³-hybridized carbons (Fsp3) is 0.750. The van der Waals surface area contributed by atoms with Crippen molar-refractivity contribution >= 4 is 11.9 Å². The number of carboxylic acid groups (broad SMARTS) is 1. The van der Waals surface area contributed by atoms with Crippen LogP contribution in [0.1, 0.15) is 20.3 Å². The van der Waals surface area contributed by atoms with E-state index >= 15 is 0 Å². The zero-order valence-corrected chi connectivity index (χ0v) is 7.91. The molecule has 13 heavy (non-hydrogen) atoms. The van der Waals surface area contributed by atoms with E-state index in [0.717, 1.165) is 0 Å². The Morgan fingerprint density at radius 1 is 1.46 bits per heavy atom. The molecule has 1 amide bonds. The van der Waals surface area contributed by atoms with Crippen molar-refractivity contribution in [2.75, 3.05) is 6.54 Å². The molecule has 0 aromatic carbocycles. The van der Waals surface area contributed by atoms with E-state index in [1.165, 1.54) is 6.92 Å². The van der Waals surface area contributed by atoms with E-state index in [0.29, 0.717) is 13.0 Å². The van der Waals surface area contributed by atoms with Gasteiger partial charge >= 0.3 is 5.97 Å². The van der Waals surface area contributed by atoms with Gasteiger partial charge in [0.1, 0.15) is 6.04 Å². The van der Waals surface area contributed by atoms with Gasteiger partial charge < -0.3 is 16.2 Å². The number of rotatable bonds is 5. The van der Waals surface area contributed by atoms with Crippen molar-refractivity contribution in [1.82, 2.24) is 5.32 Å². The lowest BCUT2D eigenvalue weighted by Gasteiger charge is -2.13. The lowest BCUT2D eigenvalue weighted by Crippen LogP contribution is -2.41. The van der Waals surface area contributed by atoms with Crippen LogP contribution in [0.5, 0.6) is 0 Å². The number of carbonyl (C=O) groups excluding carboxylic acids is 1. The molecule has 0 radical (unpaired) electrons. The molecule has 0 aliphatic heterocycles. The summed E-state index contributed by atoms with van der Waals surface area (Å²) < 4.78 is 0. The molecule has 0 saturated heterocycles. The predicted octanol–water partition coefficient (Wildman–Crippen LogP) is -0.439. The molecule has 5 heteroatoms. The minimum Gasteiger partial charge on any atom is -0.480 e. The van der Waals surface area contributed by atoms with Crippen LogP contribution in [-0.4, -0.2) is 29.6 Å². The molecule has 0 spiro atoms. The molecule has 0 bridgehead atoms. The van der Waals surface area contributed by atoms with Crippen LogP contribution < -0.4 is 11.1 Å². The number of aliphatic carboxylic acids is 1. The summed E-state index contributed by atoms with van der Waals surface area (Å²) in [5, 5.41) is 10.9. The highest BCUT2D eigenvalue weighted by Gasteiger charge is 2.17. The second kappa shape index (κ2) is 5.53. The van der Waals surface area contributed by atoms with E-state index in [-0.39, 0.29) is 11.8 Å². The van der Waals surface area contributed by atoms with E-state index in [1.807, 2.05) is 0 Å². The van der Waals surface area contributed by atoms with E-state index in [9.17, 15) is 9.59 Å². The fourth-order valence-electron chi connectivity index (χ4n) is 0.798. The Hall–Kier alpha value is -1.10. The van der Waals surface area contributed by atoms with Crippen molar-refractivity contribution < 1.29 is 14.7 Å². The Kier molecular flexibility index (Phi) is 5.06. The second-order valence-corrected chi connectivity index (χ2v) is 3.05. The average Bonchev–Trinajstić information content (AvgIpc) is 2.04. The lowest BCUT2D eigenvalue weighted by atomic mass is 10.1. The zero-order valence-electron chi connectivity index (χ0n) is 7.91. The maximum atomic E-state index is 11.2. The fourth-order valence-corrected chi connectivity index (χ4v) is 0.798. The van der Waals surface area contributed by atoms with Gasteiger partial charge in [-0.3, -0.25) is 9.59 Å². The van der Waals surface area contributed by atoms with Crippen LogP contribution in [0.4, 0.5) is 0 Å². The van der Waals surface area contributed by atoms with Gasteiger partial charge in [0, 0.05) is 5.92 Å².